The number of nitrogens with zero attached hydrogens (tertiary/aromatic N) is 3. The summed E-state index contributed by atoms with van der Waals surface area (Å²) in [7, 11) is 0. The van der Waals surface area contributed by atoms with Crippen LogP contribution in [-0.4, -0.2) is 93.7 Å². The third-order valence-corrected chi connectivity index (χ3v) is 17.9. The predicted molar refractivity (Wildman–Crippen MR) is 354 cm³/mol. The molecule has 12 rings (SSSR count). The number of hydrogen-bond acceptors (Lipinski definition) is 13. The number of ether oxygens (including phenoxy) is 1. The molecule has 0 radical (unpaired) electrons. The highest BCUT2D eigenvalue weighted by molar-refractivity contribution is 6.32. The molecule has 0 aliphatic carbocycles. The third-order valence-electron chi connectivity index (χ3n) is 17.5. The van der Waals surface area contributed by atoms with Crippen LogP contribution in [0.2, 0.25) is 5.02 Å². The standard InChI is InChI=1S/C25H30N2O3.C24H27ClN2O3.C24H27NO4/c1-16-8-9-20(17(2)14-16)26-25(29)23-18(3)30-22-11-10-21(28)19(24(22)23)15-27-12-6-4-5-7-13-27;1-15-18(25)8-7-9-19(15)26-24(29)22-16(2)30-21-11-10-20(28)17(23(21)22)14-27-12-5-3-4-6-13-27;1-2-28-24(27)22-21-18(16-25-14-8-3-4-9-15-25)19(26)12-13-20(21)29-23(22)17-10-6-5-7-11-17/h8-11,14,28H,4-7,12-13,15H2,1-3H3,(H,26,29);7-11,28H,3-6,12-14H2,1-2H3,(H,26,29);5-7,10-13,26H,2-4,8-9,14-16H2,1H3. The zero-order valence-electron chi connectivity index (χ0n) is 52.3. The van der Waals surface area contributed by atoms with Crippen molar-refractivity contribution in [3.8, 4) is 28.6 Å². The molecule has 89 heavy (non-hydrogen) atoms. The van der Waals surface area contributed by atoms with Gasteiger partial charge in [0.1, 0.15) is 56.8 Å². The van der Waals surface area contributed by atoms with E-state index >= 15 is 0 Å². The van der Waals surface area contributed by atoms with Crippen molar-refractivity contribution in [3.05, 3.63) is 170 Å². The Morgan fingerprint density at radius 1 is 0.494 bits per heavy atom. The van der Waals surface area contributed by atoms with Gasteiger partial charge in [0.15, 0.2) is 0 Å². The fraction of sp³-hybridized carbons (Fsp3) is 0.384. The molecule has 0 saturated carbocycles. The molecule has 3 saturated heterocycles. The summed E-state index contributed by atoms with van der Waals surface area (Å²) in [6.07, 6.45) is 14.4. The average molecular weight is 1230 g/mol. The van der Waals surface area contributed by atoms with Crippen molar-refractivity contribution in [1.29, 1.82) is 0 Å². The highest BCUT2D eigenvalue weighted by Crippen LogP contribution is 2.41. The van der Waals surface area contributed by atoms with Crippen molar-refractivity contribution in [1.82, 2.24) is 14.7 Å². The summed E-state index contributed by atoms with van der Waals surface area (Å²) in [6, 6.07) is 31.1. The van der Waals surface area contributed by atoms with Crippen LogP contribution < -0.4 is 10.6 Å². The molecular weight excluding hydrogens is 1140 g/mol. The molecule has 3 fully saturated rings. The van der Waals surface area contributed by atoms with Gasteiger partial charge in [0, 0.05) is 74.4 Å². The second-order valence-corrected chi connectivity index (χ2v) is 24.4. The van der Waals surface area contributed by atoms with E-state index in [1.54, 1.807) is 56.3 Å². The number of furan rings is 3. The largest absolute Gasteiger partial charge is 0.508 e. The topological polar surface area (TPSA) is 194 Å². The van der Waals surface area contributed by atoms with E-state index in [-0.39, 0.29) is 35.7 Å². The van der Waals surface area contributed by atoms with Crippen molar-refractivity contribution in [2.75, 3.05) is 56.5 Å². The predicted octanol–water partition coefficient (Wildman–Crippen LogP) is 17.1. The summed E-state index contributed by atoms with van der Waals surface area (Å²) >= 11 is 6.21. The molecule has 5 N–H and O–H groups in total. The molecule has 0 unspecified atom stereocenters. The minimum atomic E-state index is -0.423. The van der Waals surface area contributed by atoms with Gasteiger partial charge in [0.2, 0.25) is 0 Å². The molecule has 6 aromatic carbocycles. The fourth-order valence-electron chi connectivity index (χ4n) is 12.8. The Morgan fingerprint density at radius 3 is 1.36 bits per heavy atom. The maximum absolute atomic E-state index is 13.3. The number of fused-ring (bicyclic) bond motifs is 3. The maximum atomic E-state index is 13.3. The number of esters is 1. The Kier molecular flexibility index (Phi) is 21.2. The third kappa shape index (κ3) is 15.0. The maximum Gasteiger partial charge on any atom is 0.342 e. The number of carbonyl (C=O) groups is 3. The summed E-state index contributed by atoms with van der Waals surface area (Å²) in [5.41, 5.74) is 10.7. The van der Waals surface area contributed by atoms with Gasteiger partial charge in [-0.05, 0) is 185 Å². The number of aryl methyl sites for hydroxylation is 4. The molecule has 9 aromatic rings. The summed E-state index contributed by atoms with van der Waals surface area (Å²) in [5, 5.41) is 40.7. The van der Waals surface area contributed by atoms with Gasteiger partial charge in [-0.1, -0.05) is 104 Å². The number of halogens is 1. The van der Waals surface area contributed by atoms with Gasteiger partial charge in [0.05, 0.1) is 17.7 Å². The van der Waals surface area contributed by atoms with E-state index in [0.29, 0.717) is 91.8 Å². The van der Waals surface area contributed by atoms with Crippen LogP contribution in [0.25, 0.3) is 44.2 Å². The molecule has 15 nitrogen and oxygen atoms in total. The van der Waals surface area contributed by atoms with E-state index in [2.05, 4.69) is 25.3 Å². The van der Waals surface area contributed by atoms with Gasteiger partial charge in [-0.25, -0.2) is 4.79 Å². The van der Waals surface area contributed by atoms with Gasteiger partial charge in [-0.15, -0.1) is 0 Å². The van der Waals surface area contributed by atoms with Crippen molar-refractivity contribution in [2.45, 2.75) is 138 Å². The van der Waals surface area contributed by atoms with E-state index < -0.39 is 5.97 Å². The highest BCUT2D eigenvalue weighted by atomic mass is 35.5. The molecule has 0 bridgehead atoms. The Hall–Kier alpha value is -8.08. The first-order valence-electron chi connectivity index (χ1n) is 31.7. The molecule has 2 amide bonds. The Bertz CT molecular complexity index is 3950. The van der Waals surface area contributed by atoms with E-state index in [0.717, 1.165) is 115 Å². The molecule has 0 spiro atoms. The van der Waals surface area contributed by atoms with E-state index in [9.17, 15) is 29.7 Å². The van der Waals surface area contributed by atoms with Crippen LogP contribution in [0.4, 0.5) is 11.4 Å². The van der Waals surface area contributed by atoms with Crippen LogP contribution >= 0.6 is 11.6 Å². The van der Waals surface area contributed by atoms with Crippen LogP contribution in [0.5, 0.6) is 17.2 Å². The van der Waals surface area contributed by atoms with Crippen LogP contribution in [0.1, 0.15) is 160 Å². The number of likely N-dealkylation sites (tertiary alicyclic amines) is 3. The molecule has 0 atom stereocenters. The van der Waals surface area contributed by atoms with Crippen LogP contribution in [-0.2, 0) is 24.4 Å². The average Bonchev–Trinajstić information content (AvgIpc) is 1.70. The van der Waals surface area contributed by atoms with Gasteiger partial charge in [-0.2, -0.15) is 0 Å². The van der Waals surface area contributed by atoms with E-state index in [4.69, 9.17) is 29.6 Å². The molecular formula is C73H84ClN5O10. The number of hydrogen-bond donors (Lipinski definition) is 5. The van der Waals surface area contributed by atoms with E-state index in [1.807, 2.05) is 88.4 Å². The smallest absolute Gasteiger partial charge is 0.342 e. The lowest BCUT2D eigenvalue weighted by molar-refractivity contribution is 0.0528. The number of phenolic OH excluding ortho intramolecular Hbond substituents is 3. The van der Waals surface area contributed by atoms with Gasteiger partial charge < -0.3 is 43.9 Å². The lowest BCUT2D eigenvalue weighted by Gasteiger charge is -2.21. The number of nitrogens with one attached hydrogen (secondary N) is 2. The minimum absolute atomic E-state index is 0.188. The zero-order chi connectivity index (χ0) is 62.7. The summed E-state index contributed by atoms with van der Waals surface area (Å²) in [4.78, 5) is 46.6. The number of phenols is 3. The number of amides is 2. The lowest BCUT2D eigenvalue weighted by atomic mass is 10.0. The van der Waals surface area contributed by atoms with Gasteiger partial charge in [0.25, 0.3) is 11.8 Å². The number of carbonyl (C=O) groups excluding carboxylic acids is 3. The van der Waals surface area contributed by atoms with Crippen LogP contribution in [0.15, 0.2) is 116 Å². The van der Waals surface area contributed by atoms with Crippen molar-refractivity contribution in [2.24, 2.45) is 0 Å². The summed E-state index contributed by atoms with van der Waals surface area (Å²) in [6.45, 7) is 19.3. The molecule has 468 valence electrons. The second kappa shape index (κ2) is 29.5. The SMILES string of the molecule is CCOC(=O)c1c(-c2ccccc2)oc2ccc(O)c(CN3CCCCCC3)c12.Cc1ccc(NC(=O)c2c(C)oc3ccc(O)c(CN4CCCCCC4)c23)c(C)c1.Cc1oc2ccc(O)c(CN3CCCCCC3)c2c1C(=O)Nc1cccc(Cl)c1C. The first-order valence-corrected chi connectivity index (χ1v) is 32.1. The molecule has 3 aliphatic rings. The molecule has 3 aromatic heterocycles. The first kappa shape index (κ1) is 63.9. The van der Waals surface area contributed by atoms with Crippen LogP contribution in [0.3, 0.4) is 0 Å². The van der Waals surface area contributed by atoms with E-state index in [1.165, 1.54) is 51.4 Å². The first-order chi connectivity index (χ1) is 43.1. The fourth-order valence-corrected chi connectivity index (χ4v) is 13.0. The Balaban J connectivity index is 0.000000147. The van der Waals surface area contributed by atoms with Gasteiger partial charge >= 0.3 is 5.97 Å². The monoisotopic (exact) mass is 1230 g/mol. The highest BCUT2D eigenvalue weighted by Gasteiger charge is 2.30. The quantitative estimate of drug-likeness (QED) is 0.0685. The summed E-state index contributed by atoms with van der Waals surface area (Å²) in [5.74, 6) is 1.29. The summed E-state index contributed by atoms with van der Waals surface area (Å²) < 4.78 is 23.3. The second-order valence-electron chi connectivity index (χ2n) is 24.0. The van der Waals surface area contributed by atoms with Crippen molar-refractivity contribution < 1.29 is 47.7 Å². The zero-order valence-corrected chi connectivity index (χ0v) is 53.0. The Morgan fingerprint density at radius 2 is 0.921 bits per heavy atom. The van der Waals surface area contributed by atoms with Crippen LogP contribution in [0, 0.1) is 34.6 Å². The molecule has 3 aliphatic heterocycles. The number of rotatable bonds is 13. The normalized spacial score (nSPS) is 15.3. The van der Waals surface area contributed by atoms with Gasteiger partial charge in [-0.3, -0.25) is 24.3 Å². The molecule has 6 heterocycles. The van der Waals surface area contributed by atoms with Crippen molar-refractivity contribution >= 4 is 73.7 Å². The lowest BCUT2D eigenvalue weighted by Crippen LogP contribution is -2.24. The Labute approximate surface area is 526 Å². The number of aromatic hydroxyl groups is 3. The molecule has 16 heteroatoms. The minimum Gasteiger partial charge on any atom is -0.508 e. The number of anilines is 2. The van der Waals surface area contributed by atoms with Crippen molar-refractivity contribution in [3.63, 3.8) is 0 Å². The number of benzene rings is 6.